The van der Waals surface area contributed by atoms with E-state index in [4.69, 9.17) is 9.15 Å². The summed E-state index contributed by atoms with van der Waals surface area (Å²) < 4.78 is 10.9. The van der Waals surface area contributed by atoms with E-state index in [1.165, 1.54) is 0 Å². The van der Waals surface area contributed by atoms with Crippen molar-refractivity contribution in [3.63, 3.8) is 0 Å². The molecular weight excluding hydrogens is 284 g/mol. The molecule has 1 aromatic heterocycles. The predicted molar refractivity (Wildman–Crippen MR) is 78.8 cm³/mol. The Hall–Kier alpha value is -1.82. The lowest BCUT2D eigenvalue weighted by atomic mass is 10.1. The zero-order valence-electron chi connectivity index (χ0n) is 13.0. The van der Waals surface area contributed by atoms with Crippen LogP contribution in [0.3, 0.4) is 0 Å². The van der Waals surface area contributed by atoms with Crippen LogP contribution in [-0.2, 0) is 20.9 Å². The second-order valence-corrected chi connectivity index (χ2v) is 6.26. The molecule has 2 amide bonds. The van der Waals surface area contributed by atoms with Gasteiger partial charge < -0.3 is 19.0 Å². The molecule has 3 rings (SSSR count). The maximum Gasteiger partial charge on any atom is 0.228 e. The maximum absolute atomic E-state index is 12.7. The number of morpholine rings is 1. The highest BCUT2D eigenvalue weighted by atomic mass is 16.5. The number of carbonyl (C=O) groups excluding carboxylic acids is 2. The van der Waals surface area contributed by atoms with Gasteiger partial charge in [-0.25, -0.2) is 0 Å². The van der Waals surface area contributed by atoms with Gasteiger partial charge in [-0.2, -0.15) is 0 Å². The highest BCUT2D eigenvalue weighted by molar-refractivity contribution is 5.89. The second kappa shape index (κ2) is 6.12. The van der Waals surface area contributed by atoms with E-state index in [1.54, 1.807) is 17.2 Å². The number of likely N-dealkylation sites (tertiary alicyclic amines) is 1. The van der Waals surface area contributed by atoms with Crippen molar-refractivity contribution in [2.45, 2.75) is 39.0 Å². The number of rotatable bonds is 3. The molecular formula is C16H22N2O4. The summed E-state index contributed by atoms with van der Waals surface area (Å²) in [6, 6.07) is 3.64. The van der Waals surface area contributed by atoms with Crippen LogP contribution in [0.25, 0.3) is 0 Å². The Bertz CT molecular complexity index is 532. The van der Waals surface area contributed by atoms with Crippen LogP contribution in [0.5, 0.6) is 0 Å². The molecule has 2 fully saturated rings. The quantitative estimate of drug-likeness (QED) is 0.843. The average Bonchev–Trinajstić information content (AvgIpc) is 3.08. The van der Waals surface area contributed by atoms with Crippen molar-refractivity contribution >= 4 is 11.8 Å². The molecule has 6 nitrogen and oxygen atoms in total. The van der Waals surface area contributed by atoms with Crippen LogP contribution in [0.15, 0.2) is 22.8 Å². The molecule has 2 aliphatic rings. The van der Waals surface area contributed by atoms with Crippen molar-refractivity contribution in [3.05, 3.63) is 24.2 Å². The van der Waals surface area contributed by atoms with Crippen molar-refractivity contribution in [1.29, 1.82) is 0 Å². The lowest BCUT2D eigenvalue weighted by molar-refractivity contribution is -0.147. The number of furan rings is 1. The van der Waals surface area contributed by atoms with Crippen LogP contribution >= 0.6 is 0 Å². The van der Waals surface area contributed by atoms with Gasteiger partial charge in [-0.15, -0.1) is 0 Å². The van der Waals surface area contributed by atoms with E-state index >= 15 is 0 Å². The lowest BCUT2D eigenvalue weighted by Crippen LogP contribution is -2.50. The second-order valence-electron chi connectivity index (χ2n) is 6.26. The van der Waals surface area contributed by atoms with Crippen LogP contribution in [0.1, 0.15) is 26.0 Å². The number of hydrogen-bond acceptors (Lipinski definition) is 4. The molecule has 120 valence electrons. The van der Waals surface area contributed by atoms with Gasteiger partial charge >= 0.3 is 0 Å². The first kappa shape index (κ1) is 15.1. The van der Waals surface area contributed by atoms with Crippen molar-refractivity contribution in [1.82, 2.24) is 9.80 Å². The topological polar surface area (TPSA) is 63.0 Å². The summed E-state index contributed by atoms with van der Waals surface area (Å²) in [5.74, 6) is 0.580. The molecule has 6 heteroatoms. The third-order valence-corrected chi connectivity index (χ3v) is 4.22. The normalized spacial score (nSPS) is 29.2. The van der Waals surface area contributed by atoms with E-state index in [0.29, 0.717) is 32.6 Å². The van der Waals surface area contributed by atoms with Gasteiger partial charge in [0.05, 0.1) is 30.9 Å². The molecule has 22 heavy (non-hydrogen) atoms. The smallest absolute Gasteiger partial charge is 0.228 e. The van der Waals surface area contributed by atoms with Gasteiger partial charge in [0, 0.05) is 26.1 Å². The minimum absolute atomic E-state index is 0.0177. The van der Waals surface area contributed by atoms with Gasteiger partial charge in [-0.05, 0) is 26.0 Å². The van der Waals surface area contributed by atoms with E-state index in [2.05, 4.69) is 0 Å². The Morgan fingerprint density at radius 1 is 1.27 bits per heavy atom. The summed E-state index contributed by atoms with van der Waals surface area (Å²) in [5.41, 5.74) is 0. The Balaban J connectivity index is 1.61. The van der Waals surface area contributed by atoms with Gasteiger partial charge in [-0.1, -0.05) is 0 Å². The minimum Gasteiger partial charge on any atom is -0.467 e. The number of amides is 2. The molecule has 1 aromatic rings. The van der Waals surface area contributed by atoms with Crippen molar-refractivity contribution < 1.29 is 18.7 Å². The molecule has 0 radical (unpaired) electrons. The Morgan fingerprint density at radius 2 is 2.00 bits per heavy atom. The van der Waals surface area contributed by atoms with E-state index in [-0.39, 0.29) is 29.9 Å². The first-order valence-electron chi connectivity index (χ1n) is 7.77. The minimum atomic E-state index is -0.250. The molecule has 0 aliphatic carbocycles. The highest BCUT2D eigenvalue weighted by Crippen LogP contribution is 2.24. The van der Waals surface area contributed by atoms with Gasteiger partial charge in [0.2, 0.25) is 11.8 Å². The predicted octanol–water partition coefficient (Wildman–Crippen LogP) is 1.26. The molecule has 3 atom stereocenters. The molecule has 0 N–H and O–H groups in total. The lowest BCUT2D eigenvalue weighted by Gasteiger charge is -2.36. The third-order valence-electron chi connectivity index (χ3n) is 4.22. The third kappa shape index (κ3) is 3.16. The number of ether oxygens (including phenoxy) is 1. The summed E-state index contributed by atoms with van der Waals surface area (Å²) in [5, 5.41) is 0. The molecule has 0 spiro atoms. The van der Waals surface area contributed by atoms with Gasteiger partial charge in [0.25, 0.3) is 0 Å². The van der Waals surface area contributed by atoms with Crippen LogP contribution in [-0.4, -0.2) is 53.5 Å². The number of carbonyl (C=O) groups is 2. The molecule has 2 saturated heterocycles. The zero-order chi connectivity index (χ0) is 15.7. The first-order chi connectivity index (χ1) is 10.5. The fourth-order valence-electron chi connectivity index (χ4n) is 3.30. The van der Waals surface area contributed by atoms with Crippen molar-refractivity contribution in [2.24, 2.45) is 5.92 Å². The largest absolute Gasteiger partial charge is 0.467 e. The Morgan fingerprint density at radius 3 is 2.64 bits per heavy atom. The van der Waals surface area contributed by atoms with Crippen molar-refractivity contribution in [3.8, 4) is 0 Å². The molecule has 3 heterocycles. The molecule has 0 bridgehead atoms. The van der Waals surface area contributed by atoms with E-state index in [1.807, 2.05) is 24.8 Å². The monoisotopic (exact) mass is 306 g/mol. The Kier molecular flexibility index (Phi) is 4.20. The van der Waals surface area contributed by atoms with Crippen LogP contribution < -0.4 is 0 Å². The molecule has 0 saturated carbocycles. The summed E-state index contributed by atoms with van der Waals surface area (Å²) in [6.45, 7) is 6.06. The standard InChI is InChI=1S/C16H22N2O4/c1-11-7-18(8-12(2)22-11)16(20)13-6-15(19)17(9-13)10-14-4-3-5-21-14/h3-5,11-13H,6-10H2,1-2H3. The summed E-state index contributed by atoms with van der Waals surface area (Å²) in [4.78, 5) is 28.3. The average molecular weight is 306 g/mol. The molecule has 2 aliphatic heterocycles. The van der Waals surface area contributed by atoms with Gasteiger partial charge in [-0.3, -0.25) is 9.59 Å². The van der Waals surface area contributed by atoms with Gasteiger partial charge in [0.1, 0.15) is 5.76 Å². The Labute approximate surface area is 130 Å². The highest BCUT2D eigenvalue weighted by Gasteiger charge is 2.38. The summed E-state index contributed by atoms with van der Waals surface area (Å²) in [7, 11) is 0. The fourth-order valence-corrected chi connectivity index (χ4v) is 3.30. The van der Waals surface area contributed by atoms with E-state index < -0.39 is 0 Å². The summed E-state index contributed by atoms with van der Waals surface area (Å²) >= 11 is 0. The van der Waals surface area contributed by atoms with Gasteiger partial charge in [0.15, 0.2) is 0 Å². The van der Waals surface area contributed by atoms with Crippen molar-refractivity contribution in [2.75, 3.05) is 19.6 Å². The number of nitrogens with zero attached hydrogens (tertiary/aromatic N) is 2. The number of hydrogen-bond donors (Lipinski definition) is 0. The van der Waals surface area contributed by atoms with E-state index in [0.717, 1.165) is 5.76 Å². The van der Waals surface area contributed by atoms with Crippen LogP contribution in [0, 0.1) is 5.92 Å². The fraction of sp³-hybridized carbons (Fsp3) is 0.625. The van der Waals surface area contributed by atoms with Crippen LogP contribution in [0.2, 0.25) is 0 Å². The van der Waals surface area contributed by atoms with E-state index in [9.17, 15) is 9.59 Å². The van der Waals surface area contributed by atoms with Crippen LogP contribution in [0.4, 0.5) is 0 Å². The zero-order valence-corrected chi connectivity index (χ0v) is 13.0. The SMILES string of the molecule is CC1CN(C(=O)C2CC(=O)N(Cc3ccco3)C2)CC(C)O1. The molecule has 0 aromatic carbocycles. The first-order valence-corrected chi connectivity index (χ1v) is 7.77. The molecule has 3 unspecified atom stereocenters. The summed E-state index contributed by atoms with van der Waals surface area (Å²) in [6.07, 6.45) is 1.97. The maximum atomic E-state index is 12.7.